The molecule has 0 spiro atoms. The molecule has 1 atom stereocenters. The number of likely N-dealkylation sites (tertiary alicyclic amines) is 1. The molecule has 5 nitrogen and oxygen atoms in total. The Morgan fingerprint density at radius 3 is 2.66 bits per heavy atom. The molecule has 1 aliphatic heterocycles. The van der Waals surface area contributed by atoms with Gasteiger partial charge in [-0.25, -0.2) is 0 Å². The van der Waals surface area contributed by atoms with E-state index in [0.717, 1.165) is 43.6 Å². The lowest BCUT2D eigenvalue weighted by Gasteiger charge is -2.16. The van der Waals surface area contributed by atoms with Gasteiger partial charge in [0.05, 0.1) is 6.54 Å². The molecule has 1 unspecified atom stereocenters. The summed E-state index contributed by atoms with van der Waals surface area (Å²) in [5.74, 6) is 0.143. The van der Waals surface area contributed by atoms with E-state index in [-0.39, 0.29) is 17.0 Å². The Morgan fingerprint density at radius 2 is 1.84 bits per heavy atom. The van der Waals surface area contributed by atoms with E-state index in [1.807, 2.05) is 31.2 Å². The standard InChI is InChI=1S/C27H31N3O2/c1-21-7-5-10-23(17-21)20-30-14-6-11-25(27(30)32)26(31)28-18-24-13-16-29(19-24)15-12-22-8-3-2-4-9-22/h2-11,14,17,24H,12-13,15-16,18-20H2,1H3,(H,28,31). The molecule has 3 aromatic rings. The van der Waals surface area contributed by atoms with Crippen LogP contribution in [-0.4, -0.2) is 41.6 Å². The van der Waals surface area contributed by atoms with Crippen molar-refractivity contribution in [2.45, 2.75) is 26.3 Å². The van der Waals surface area contributed by atoms with E-state index in [4.69, 9.17) is 0 Å². The van der Waals surface area contributed by atoms with Crippen molar-refractivity contribution in [3.05, 3.63) is 106 Å². The number of carbonyl (C=O) groups excluding carboxylic acids is 1. The van der Waals surface area contributed by atoms with E-state index in [2.05, 4.69) is 40.5 Å². The zero-order valence-electron chi connectivity index (χ0n) is 18.7. The van der Waals surface area contributed by atoms with Crippen molar-refractivity contribution in [1.82, 2.24) is 14.8 Å². The number of pyridine rings is 1. The molecular weight excluding hydrogens is 398 g/mol. The summed E-state index contributed by atoms with van der Waals surface area (Å²) in [4.78, 5) is 28.1. The lowest BCUT2D eigenvalue weighted by molar-refractivity contribution is 0.0945. The summed E-state index contributed by atoms with van der Waals surface area (Å²) in [5.41, 5.74) is 3.52. The van der Waals surface area contributed by atoms with Gasteiger partial charge in [-0.1, -0.05) is 60.2 Å². The first-order chi connectivity index (χ1) is 15.6. The van der Waals surface area contributed by atoms with Crippen LogP contribution in [-0.2, 0) is 13.0 Å². The SMILES string of the molecule is Cc1cccc(Cn2cccc(C(=O)NCC3CCN(CCc4ccccc4)C3)c2=O)c1. The van der Waals surface area contributed by atoms with Gasteiger partial charge in [0.15, 0.2) is 0 Å². The molecule has 5 heteroatoms. The van der Waals surface area contributed by atoms with Crippen LogP contribution >= 0.6 is 0 Å². The van der Waals surface area contributed by atoms with Gasteiger partial charge in [-0.2, -0.15) is 0 Å². The average Bonchev–Trinajstić information content (AvgIpc) is 3.26. The fourth-order valence-electron chi connectivity index (χ4n) is 4.39. The Labute approximate surface area is 189 Å². The van der Waals surface area contributed by atoms with Gasteiger partial charge in [-0.15, -0.1) is 0 Å². The Balaban J connectivity index is 1.29. The molecule has 1 aliphatic rings. The lowest BCUT2D eigenvalue weighted by atomic mass is 10.1. The van der Waals surface area contributed by atoms with E-state index in [1.165, 1.54) is 5.56 Å². The normalized spacial score (nSPS) is 16.2. The number of benzene rings is 2. The number of rotatable bonds is 8. The van der Waals surface area contributed by atoms with Crippen LogP contribution in [0.5, 0.6) is 0 Å². The summed E-state index contributed by atoms with van der Waals surface area (Å²) < 4.78 is 1.60. The van der Waals surface area contributed by atoms with Crippen LogP contribution in [0.15, 0.2) is 77.7 Å². The fourth-order valence-corrected chi connectivity index (χ4v) is 4.39. The molecule has 4 rings (SSSR count). The highest BCUT2D eigenvalue weighted by atomic mass is 16.2. The molecule has 1 aromatic heterocycles. The van der Waals surface area contributed by atoms with E-state index >= 15 is 0 Å². The molecule has 2 aromatic carbocycles. The first-order valence-electron chi connectivity index (χ1n) is 11.4. The van der Waals surface area contributed by atoms with Gasteiger partial charge in [-0.05, 0) is 55.5 Å². The predicted octanol–water partition coefficient (Wildman–Crippen LogP) is 3.50. The maximum Gasteiger partial charge on any atom is 0.263 e. The highest BCUT2D eigenvalue weighted by Gasteiger charge is 2.23. The predicted molar refractivity (Wildman–Crippen MR) is 128 cm³/mol. The monoisotopic (exact) mass is 429 g/mol. The molecular formula is C27H31N3O2. The third-order valence-electron chi connectivity index (χ3n) is 6.18. The Morgan fingerprint density at radius 1 is 1.03 bits per heavy atom. The first kappa shape index (κ1) is 22.0. The van der Waals surface area contributed by atoms with Gasteiger partial charge in [0.1, 0.15) is 5.56 Å². The van der Waals surface area contributed by atoms with Crippen LogP contribution in [0.3, 0.4) is 0 Å². The van der Waals surface area contributed by atoms with Crippen molar-refractivity contribution in [3.63, 3.8) is 0 Å². The molecule has 166 valence electrons. The Bertz CT molecular complexity index is 1110. The number of amides is 1. The largest absolute Gasteiger partial charge is 0.352 e. The number of nitrogens with zero attached hydrogens (tertiary/aromatic N) is 2. The molecule has 1 amide bonds. The number of hydrogen-bond acceptors (Lipinski definition) is 3. The summed E-state index contributed by atoms with van der Waals surface area (Å²) in [6.07, 6.45) is 3.86. The van der Waals surface area contributed by atoms with Crippen LogP contribution in [0.25, 0.3) is 0 Å². The third kappa shape index (κ3) is 5.74. The van der Waals surface area contributed by atoms with E-state index in [9.17, 15) is 9.59 Å². The summed E-state index contributed by atoms with van der Waals surface area (Å²) >= 11 is 0. The summed E-state index contributed by atoms with van der Waals surface area (Å²) in [7, 11) is 0. The highest BCUT2D eigenvalue weighted by Crippen LogP contribution is 2.16. The smallest absolute Gasteiger partial charge is 0.263 e. The minimum atomic E-state index is -0.281. The molecule has 1 saturated heterocycles. The van der Waals surface area contributed by atoms with Gasteiger partial charge in [-0.3, -0.25) is 9.59 Å². The zero-order chi connectivity index (χ0) is 22.3. The number of aryl methyl sites for hydroxylation is 1. The van der Waals surface area contributed by atoms with Crippen molar-refractivity contribution in [1.29, 1.82) is 0 Å². The van der Waals surface area contributed by atoms with Crippen molar-refractivity contribution in [3.8, 4) is 0 Å². The van der Waals surface area contributed by atoms with Gasteiger partial charge in [0, 0.05) is 25.8 Å². The van der Waals surface area contributed by atoms with Crippen LogP contribution in [0.2, 0.25) is 0 Å². The first-order valence-corrected chi connectivity index (χ1v) is 11.4. The topological polar surface area (TPSA) is 54.3 Å². The number of aromatic nitrogens is 1. The molecule has 0 aliphatic carbocycles. The molecule has 2 heterocycles. The Hall–Kier alpha value is -3.18. The lowest BCUT2D eigenvalue weighted by Crippen LogP contribution is -2.36. The number of nitrogens with one attached hydrogen (secondary N) is 1. The maximum absolute atomic E-state index is 12.9. The molecule has 1 N–H and O–H groups in total. The highest BCUT2D eigenvalue weighted by molar-refractivity contribution is 5.93. The van der Waals surface area contributed by atoms with Crippen molar-refractivity contribution in [2.24, 2.45) is 5.92 Å². The maximum atomic E-state index is 12.9. The second-order valence-corrected chi connectivity index (χ2v) is 8.74. The molecule has 0 radical (unpaired) electrons. The van der Waals surface area contributed by atoms with Crippen molar-refractivity contribution < 1.29 is 4.79 Å². The van der Waals surface area contributed by atoms with Gasteiger partial charge < -0.3 is 14.8 Å². The summed E-state index contributed by atoms with van der Waals surface area (Å²) in [5, 5.41) is 3.00. The van der Waals surface area contributed by atoms with Crippen LogP contribution in [0.4, 0.5) is 0 Å². The van der Waals surface area contributed by atoms with E-state index in [1.54, 1.807) is 22.9 Å². The van der Waals surface area contributed by atoms with Crippen molar-refractivity contribution >= 4 is 5.91 Å². The van der Waals surface area contributed by atoms with E-state index in [0.29, 0.717) is 19.0 Å². The minimum absolute atomic E-state index is 0.207. The van der Waals surface area contributed by atoms with Gasteiger partial charge >= 0.3 is 0 Å². The quantitative estimate of drug-likeness (QED) is 0.596. The minimum Gasteiger partial charge on any atom is -0.352 e. The van der Waals surface area contributed by atoms with Crippen LogP contribution < -0.4 is 10.9 Å². The van der Waals surface area contributed by atoms with E-state index < -0.39 is 0 Å². The summed E-state index contributed by atoms with van der Waals surface area (Å²) in [6, 6.07) is 22.0. The third-order valence-corrected chi connectivity index (χ3v) is 6.18. The molecule has 32 heavy (non-hydrogen) atoms. The molecule has 1 fully saturated rings. The summed E-state index contributed by atoms with van der Waals surface area (Å²) in [6.45, 7) is 6.17. The number of hydrogen-bond donors (Lipinski definition) is 1. The Kier molecular flexibility index (Phi) is 7.17. The van der Waals surface area contributed by atoms with Crippen LogP contribution in [0.1, 0.15) is 33.5 Å². The fraction of sp³-hybridized carbons (Fsp3) is 0.333. The molecule has 0 bridgehead atoms. The average molecular weight is 430 g/mol. The second kappa shape index (κ2) is 10.4. The zero-order valence-corrected chi connectivity index (χ0v) is 18.7. The van der Waals surface area contributed by atoms with Gasteiger partial charge in [0.25, 0.3) is 11.5 Å². The van der Waals surface area contributed by atoms with Crippen molar-refractivity contribution in [2.75, 3.05) is 26.2 Å². The molecule has 0 saturated carbocycles. The number of carbonyl (C=O) groups is 1. The second-order valence-electron chi connectivity index (χ2n) is 8.74. The van der Waals surface area contributed by atoms with Crippen LogP contribution in [0, 0.1) is 12.8 Å². The van der Waals surface area contributed by atoms with Gasteiger partial charge in [0.2, 0.25) is 0 Å².